The number of carbonyl (C=O) groups is 2. The van der Waals surface area contributed by atoms with E-state index in [2.05, 4.69) is 0 Å². The highest BCUT2D eigenvalue weighted by Gasteiger charge is 2.34. The summed E-state index contributed by atoms with van der Waals surface area (Å²) in [5.41, 5.74) is 1.10. The molecule has 2 aliphatic rings. The summed E-state index contributed by atoms with van der Waals surface area (Å²) in [6.07, 6.45) is 3.72. The van der Waals surface area contributed by atoms with Gasteiger partial charge in [0.1, 0.15) is 4.32 Å². The summed E-state index contributed by atoms with van der Waals surface area (Å²) in [4.78, 5) is 27.4. The van der Waals surface area contributed by atoms with E-state index < -0.39 is 5.97 Å². The van der Waals surface area contributed by atoms with Crippen LogP contribution in [0.4, 0.5) is 0 Å². The normalized spacial score (nSPS) is 19.6. The number of methoxy groups -OCH3 is 1. The van der Waals surface area contributed by atoms with Crippen LogP contribution in [-0.4, -0.2) is 47.5 Å². The number of rotatable bonds is 6. The van der Waals surface area contributed by atoms with Crippen LogP contribution in [-0.2, 0) is 9.53 Å². The number of halogens is 1. The van der Waals surface area contributed by atoms with Gasteiger partial charge >= 0.3 is 5.97 Å². The lowest BCUT2D eigenvalue weighted by Crippen LogP contribution is -2.35. The Morgan fingerprint density at radius 3 is 2.75 bits per heavy atom. The van der Waals surface area contributed by atoms with Gasteiger partial charge in [-0.1, -0.05) is 41.6 Å². The fourth-order valence-corrected chi connectivity index (χ4v) is 4.80. The summed E-state index contributed by atoms with van der Waals surface area (Å²) in [7, 11) is 1.49. The van der Waals surface area contributed by atoms with E-state index in [1.165, 1.54) is 18.9 Å². The van der Waals surface area contributed by atoms with Crippen molar-refractivity contribution in [3.63, 3.8) is 0 Å². The molecule has 2 heterocycles. The standard InChI is InChI=1S/C23H20ClNO5S2/c1-28-19-11-14(4-9-18(19)30-22(27)15-5-7-16(24)8-6-15)12-20-21(26)25(23(31)32-20)13-17-3-2-10-29-17/h4-9,11-12,17H,2-3,10,13H2,1H3/b20-12-/t17-/m0/s1. The Morgan fingerprint density at radius 2 is 2.06 bits per heavy atom. The van der Waals surface area contributed by atoms with Crippen molar-refractivity contribution in [3.8, 4) is 11.5 Å². The van der Waals surface area contributed by atoms with E-state index in [0.717, 1.165) is 25.0 Å². The van der Waals surface area contributed by atoms with Gasteiger partial charge in [-0.3, -0.25) is 9.69 Å². The number of nitrogens with zero attached hydrogens (tertiary/aromatic N) is 1. The number of carbonyl (C=O) groups excluding carboxylic acids is 2. The Morgan fingerprint density at radius 1 is 1.28 bits per heavy atom. The maximum absolute atomic E-state index is 12.8. The van der Waals surface area contributed by atoms with Crippen LogP contribution in [0.3, 0.4) is 0 Å². The summed E-state index contributed by atoms with van der Waals surface area (Å²) in [5.74, 6) is -0.0122. The number of thioether (sulfide) groups is 1. The quantitative estimate of drug-likeness (QED) is 0.246. The molecule has 1 amide bonds. The predicted octanol–water partition coefficient (Wildman–Crippen LogP) is 4.95. The molecule has 0 spiro atoms. The van der Waals surface area contributed by atoms with E-state index in [1.807, 2.05) is 0 Å². The maximum Gasteiger partial charge on any atom is 0.343 e. The van der Waals surface area contributed by atoms with Gasteiger partial charge in [0, 0.05) is 11.6 Å². The number of ether oxygens (including phenoxy) is 3. The zero-order valence-corrected chi connectivity index (χ0v) is 19.6. The van der Waals surface area contributed by atoms with Crippen molar-refractivity contribution in [2.75, 3.05) is 20.3 Å². The Bertz CT molecular complexity index is 1080. The van der Waals surface area contributed by atoms with E-state index >= 15 is 0 Å². The maximum atomic E-state index is 12.8. The molecule has 0 N–H and O–H groups in total. The SMILES string of the molecule is COc1cc(/C=C2\SC(=S)N(C[C@@H]3CCCO3)C2=O)ccc1OC(=O)c1ccc(Cl)cc1. The van der Waals surface area contributed by atoms with Crippen molar-refractivity contribution in [3.05, 3.63) is 63.5 Å². The third-order valence-corrected chi connectivity index (χ3v) is 6.68. The molecular weight excluding hydrogens is 470 g/mol. The van der Waals surface area contributed by atoms with Crippen LogP contribution in [0.5, 0.6) is 11.5 Å². The van der Waals surface area contributed by atoms with E-state index in [-0.39, 0.29) is 17.8 Å². The summed E-state index contributed by atoms with van der Waals surface area (Å²) >= 11 is 12.5. The minimum Gasteiger partial charge on any atom is -0.493 e. The lowest BCUT2D eigenvalue weighted by Gasteiger charge is -2.18. The summed E-state index contributed by atoms with van der Waals surface area (Å²) in [6.45, 7) is 1.20. The fraction of sp³-hybridized carbons (Fsp3) is 0.261. The van der Waals surface area contributed by atoms with Crippen molar-refractivity contribution >= 4 is 57.9 Å². The lowest BCUT2D eigenvalue weighted by molar-refractivity contribution is -0.123. The number of amides is 1. The Balaban J connectivity index is 1.49. The van der Waals surface area contributed by atoms with Gasteiger partial charge in [0.15, 0.2) is 11.5 Å². The second-order valence-electron chi connectivity index (χ2n) is 7.23. The highest BCUT2D eigenvalue weighted by molar-refractivity contribution is 8.26. The number of benzene rings is 2. The van der Waals surface area contributed by atoms with Crippen LogP contribution in [0.25, 0.3) is 6.08 Å². The predicted molar refractivity (Wildman–Crippen MR) is 128 cm³/mol. The van der Waals surface area contributed by atoms with Gasteiger partial charge in [-0.15, -0.1) is 0 Å². The van der Waals surface area contributed by atoms with Gasteiger partial charge in [-0.05, 0) is 60.9 Å². The van der Waals surface area contributed by atoms with Crippen LogP contribution in [0.1, 0.15) is 28.8 Å². The summed E-state index contributed by atoms with van der Waals surface area (Å²) in [6, 6.07) is 11.5. The highest BCUT2D eigenvalue weighted by Crippen LogP contribution is 2.35. The lowest BCUT2D eigenvalue weighted by atomic mass is 10.1. The third-order valence-electron chi connectivity index (χ3n) is 5.05. The molecule has 2 aromatic rings. The Kier molecular flexibility index (Phi) is 7.15. The molecular formula is C23H20ClNO5S2. The largest absolute Gasteiger partial charge is 0.493 e. The first-order chi connectivity index (χ1) is 15.4. The smallest absolute Gasteiger partial charge is 0.343 e. The first-order valence-electron chi connectivity index (χ1n) is 9.97. The zero-order valence-electron chi connectivity index (χ0n) is 17.2. The molecule has 2 saturated heterocycles. The van der Waals surface area contributed by atoms with Crippen molar-refractivity contribution in [2.24, 2.45) is 0 Å². The Labute approximate surface area is 200 Å². The number of hydrogen-bond acceptors (Lipinski definition) is 7. The second-order valence-corrected chi connectivity index (χ2v) is 9.35. The second kappa shape index (κ2) is 10.0. The topological polar surface area (TPSA) is 65.1 Å². The molecule has 6 nitrogen and oxygen atoms in total. The Hall–Kier alpha value is -2.39. The fourth-order valence-electron chi connectivity index (χ4n) is 3.40. The van der Waals surface area contributed by atoms with Gasteiger partial charge < -0.3 is 14.2 Å². The molecule has 2 fully saturated rings. The minimum atomic E-state index is -0.525. The molecule has 0 aromatic heterocycles. The molecule has 0 aliphatic carbocycles. The summed E-state index contributed by atoms with van der Waals surface area (Å²) < 4.78 is 17.0. The monoisotopic (exact) mass is 489 g/mol. The molecule has 2 aliphatic heterocycles. The molecule has 0 radical (unpaired) electrons. The van der Waals surface area contributed by atoms with E-state index in [9.17, 15) is 9.59 Å². The minimum absolute atomic E-state index is 0.0338. The molecule has 0 unspecified atom stereocenters. The highest BCUT2D eigenvalue weighted by atomic mass is 35.5. The van der Waals surface area contributed by atoms with E-state index in [0.29, 0.717) is 32.1 Å². The van der Waals surface area contributed by atoms with Gasteiger partial charge in [0.05, 0.1) is 30.2 Å². The first kappa shape index (κ1) is 22.8. The van der Waals surface area contributed by atoms with Gasteiger partial charge in [-0.2, -0.15) is 0 Å². The third kappa shape index (κ3) is 5.15. The molecule has 0 saturated carbocycles. The van der Waals surface area contributed by atoms with Crippen LogP contribution in [0.2, 0.25) is 5.02 Å². The van der Waals surface area contributed by atoms with Gasteiger partial charge in [0.2, 0.25) is 0 Å². The first-order valence-corrected chi connectivity index (χ1v) is 11.6. The van der Waals surface area contributed by atoms with Crippen molar-refractivity contribution < 1.29 is 23.8 Å². The average Bonchev–Trinajstić information content (AvgIpc) is 3.39. The molecule has 2 aromatic carbocycles. The molecule has 1 atom stereocenters. The van der Waals surface area contributed by atoms with E-state index in [4.69, 9.17) is 38.0 Å². The molecule has 4 rings (SSSR count). The van der Waals surface area contributed by atoms with Crippen LogP contribution < -0.4 is 9.47 Å². The van der Waals surface area contributed by atoms with Gasteiger partial charge in [0.25, 0.3) is 5.91 Å². The molecule has 9 heteroatoms. The number of esters is 1. The number of hydrogen-bond donors (Lipinski definition) is 0. The van der Waals surface area contributed by atoms with Crippen LogP contribution in [0, 0.1) is 0 Å². The average molecular weight is 490 g/mol. The van der Waals surface area contributed by atoms with Crippen LogP contribution in [0.15, 0.2) is 47.4 Å². The molecule has 32 heavy (non-hydrogen) atoms. The van der Waals surface area contributed by atoms with Crippen molar-refractivity contribution in [2.45, 2.75) is 18.9 Å². The van der Waals surface area contributed by atoms with Gasteiger partial charge in [-0.25, -0.2) is 4.79 Å². The molecule has 0 bridgehead atoms. The summed E-state index contributed by atoms with van der Waals surface area (Å²) in [5, 5.41) is 0.532. The van der Waals surface area contributed by atoms with Crippen molar-refractivity contribution in [1.29, 1.82) is 0 Å². The van der Waals surface area contributed by atoms with Crippen LogP contribution >= 0.6 is 35.6 Å². The van der Waals surface area contributed by atoms with E-state index in [1.54, 1.807) is 53.4 Å². The van der Waals surface area contributed by atoms with Crippen molar-refractivity contribution in [1.82, 2.24) is 4.90 Å². The molecule has 166 valence electrons. The number of thiocarbonyl (C=S) groups is 1. The zero-order chi connectivity index (χ0) is 22.7.